The molecule has 0 amide bonds. The van der Waals surface area contributed by atoms with E-state index in [0.717, 1.165) is 19.3 Å². The molecule has 0 spiro atoms. The van der Waals surface area contributed by atoms with Crippen LogP contribution in [0.2, 0.25) is 0 Å². The van der Waals surface area contributed by atoms with Crippen molar-refractivity contribution < 1.29 is 9.59 Å². The normalized spacial score (nSPS) is 36.3. The maximum absolute atomic E-state index is 11.4. The highest BCUT2D eigenvalue weighted by Crippen LogP contribution is 2.37. The maximum atomic E-state index is 11.4. The third kappa shape index (κ3) is 1.42. The van der Waals surface area contributed by atoms with Crippen molar-refractivity contribution >= 4 is 23.3 Å². The maximum Gasteiger partial charge on any atom is 0.146 e. The summed E-state index contributed by atoms with van der Waals surface area (Å²) < 4.78 is 0. The van der Waals surface area contributed by atoms with E-state index < -0.39 is 0 Å². The Kier molecular flexibility index (Phi) is 2.22. The molecular weight excluding hydrogens is 172 g/mol. The van der Waals surface area contributed by atoms with Gasteiger partial charge in [-0.3, -0.25) is 9.59 Å². The second kappa shape index (κ2) is 3.21. The van der Waals surface area contributed by atoms with Gasteiger partial charge in [-0.15, -0.1) is 11.8 Å². The van der Waals surface area contributed by atoms with E-state index in [1.807, 2.05) is 0 Å². The van der Waals surface area contributed by atoms with Gasteiger partial charge in [0.25, 0.3) is 0 Å². The first-order valence-electron chi connectivity index (χ1n) is 4.43. The van der Waals surface area contributed by atoms with Crippen LogP contribution in [-0.4, -0.2) is 22.6 Å². The van der Waals surface area contributed by atoms with Crippen molar-refractivity contribution in [3.63, 3.8) is 0 Å². The van der Waals surface area contributed by atoms with Crippen LogP contribution in [0, 0.1) is 5.92 Å². The monoisotopic (exact) mass is 184 g/mol. The molecule has 1 aliphatic heterocycles. The first kappa shape index (κ1) is 8.30. The predicted octanol–water partition coefficient (Wildman–Crippen LogP) is 1.43. The van der Waals surface area contributed by atoms with Crippen molar-refractivity contribution in [1.29, 1.82) is 0 Å². The minimum Gasteiger partial charge on any atom is -0.299 e. The van der Waals surface area contributed by atoms with Gasteiger partial charge in [-0.2, -0.15) is 0 Å². The van der Waals surface area contributed by atoms with Crippen molar-refractivity contribution in [2.24, 2.45) is 5.92 Å². The highest BCUT2D eigenvalue weighted by Gasteiger charge is 2.36. The highest BCUT2D eigenvalue weighted by molar-refractivity contribution is 8.01. The predicted molar refractivity (Wildman–Crippen MR) is 48.2 cm³/mol. The van der Waals surface area contributed by atoms with Crippen LogP contribution in [0.4, 0.5) is 0 Å². The summed E-state index contributed by atoms with van der Waals surface area (Å²) >= 11 is 1.56. The van der Waals surface area contributed by atoms with Crippen LogP contribution in [0.5, 0.6) is 0 Å². The molecule has 0 unspecified atom stereocenters. The van der Waals surface area contributed by atoms with E-state index in [2.05, 4.69) is 0 Å². The highest BCUT2D eigenvalue weighted by atomic mass is 32.2. The minimum atomic E-state index is 0.163. The second-order valence-electron chi connectivity index (χ2n) is 3.59. The Morgan fingerprint density at radius 2 is 2.17 bits per heavy atom. The van der Waals surface area contributed by atoms with Gasteiger partial charge in [0.05, 0.1) is 11.0 Å². The summed E-state index contributed by atoms with van der Waals surface area (Å²) in [5.74, 6) is 1.64. The third-order valence-corrected chi connectivity index (χ3v) is 4.15. The van der Waals surface area contributed by atoms with Crippen molar-refractivity contribution in [2.45, 2.75) is 30.9 Å². The summed E-state index contributed by atoms with van der Waals surface area (Å²) in [4.78, 5) is 22.5. The molecule has 0 aromatic heterocycles. The zero-order valence-electron chi connectivity index (χ0n) is 6.91. The van der Waals surface area contributed by atoms with E-state index in [0.29, 0.717) is 29.7 Å². The average molecular weight is 184 g/mol. The van der Waals surface area contributed by atoms with Crippen molar-refractivity contribution in [2.75, 3.05) is 5.75 Å². The molecule has 2 nitrogen and oxygen atoms in total. The van der Waals surface area contributed by atoms with E-state index in [1.54, 1.807) is 11.8 Å². The summed E-state index contributed by atoms with van der Waals surface area (Å²) in [6.07, 6.45) is 3.47. The second-order valence-corrected chi connectivity index (χ2v) is 4.72. The summed E-state index contributed by atoms with van der Waals surface area (Å²) in [6.45, 7) is 0. The molecule has 0 N–H and O–H groups in total. The van der Waals surface area contributed by atoms with Crippen LogP contribution in [0.15, 0.2) is 0 Å². The molecular formula is C9H12O2S. The quantitative estimate of drug-likeness (QED) is 0.571. The first-order valence-corrected chi connectivity index (χ1v) is 5.48. The average Bonchev–Trinajstić information content (AvgIpc) is 2.04. The largest absolute Gasteiger partial charge is 0.299 e. The number of thioether (sulfide) groups is 1. The lowest BCUT2D eigenvalue weighted by molar-refractivity contribution is -0.122. The van der Waals surface area contributed by atoms with Gasteiger partial charge >= 0.3 is 0 Å². The van der Waals surface area contributed by atoms with Gasteiger partial charge in [0.2, 0.25) is 0 Å². The molecule has 1 saturated carbocycles. The van der Waals surface area contributed by atoms with Crippen molar-refractivity contribution in [3.8, 4) is 0 Å². The Morgan fingerprint density at radius 3 is 3.00 bits per heavy atom. The molecule has 3 heteroatoms. The smallest absolute Gasteiger partial charge is 0.146 e. The van der Waals surface area contributed by atoms with Gasteiger partial charge in [-0.1, -0.05) is 0 Å². The molecule has 0 aromatic rings. The number of hydrogen-bond acceptors (Lipinski definition) is 3. The van der Waals surface area contributed by atoms with Crippen molar-refractivity contribution in [1.82, 2.24) is 0 Å². The van der Waals surface area contributed by atoms with Gasteiger partial charge in [-0.05, 0) is 18.8 Å². The molecule has 0 radical (unpaired) electrons. The van der Waals surface area contributed by atoms with Gasteiger partial charge in [-0.25, -0.2) is 0 Å². The first-order chi connectivity index (χ1) is 5.77. The van der Waals surface area contributed by atoms with Crippen LogP contribution in [-0.2, 0) is 9.59 Å². The molecule has 2 atom stereocenters. The molecule has 0 bridgehead atoms. The molecule has 0 aromatic carbocycles. The third-order valence-electron chi connectivity index (χ3n) is 2.66. The number of carbonyl (C=O) groups is 2. The van der Waals surface area contributed by atoms with E-state index in [1.165, 1.54) is 0 Å². The number of hydrogen-bond donors (Lipinski definition) is 0. The lowest BCUT2D eigenvalue weighted by atomic mass is 9.84. The fraction of sp³-hybridized carbons (Fsp3) is 0.778. The zero-order chi connectivity index (χ0) is 8.55. The summed E-state index contributed by atoms with van der Waals surface area (Å²) in [6, 6.07) is 0. The Morgan fingerprint density at radius 1 is 1.33 bits per heavy atom. The lowest BCUT2D eigenvalue weighted by Gasteiger charge is -2.32. The molecule has 12 heavy (non-hydrogen) atoms. The Labute approximate surface area is 76.1 Å². The Bertz CT molecular complexity index is 225. The molecule has 2 aliphatic rings. The molecule has 1 saturated heterocycles. The number of fused-ring (bicyclic) bond motifs is 1. The minimum absolute atomic E-state index is 0.163. The zero-order valence-corrected chi connectivity index (χ0v) is 7.73. The lowest BCUT2D eigenvalue weighted by Crippen LogP contribution is -2.37. The standard InChI is InChI=1S/C9H12O2S/c10-7-4-6-2-1-3-8(11)9(6)12-5-7/h6,9H,1-5H2/t6-,9-/m0/s1. The van der Waals surface area contributed by atoms with Crippen LogP contribution >= 0.6 is 11.8 Å². The molecule has 2 fully saturated rings. The van der Waals surface area contributed by atoms with E-state index >= 15 is 0 Å². The van der Waals surface area contributed by atoms with E-state index in [9.17, 15) is 9.59 Å². The van der Waals surface area contributed by atoms with Crippen LogP contribution in [0.25, 0.3) is 0 Å². The number of carbonyl (C=O) groups excluding carboxylic acids is 2. The fourth-order valence-electron chi connectivity index (χ4n) is 2.07. The number of rotatable bonds is 0. The topological polar surface area (TPSA) is 34.1 Å². The van der Waals surface area contributed by atoms with Crippen LogP contribution in [0.1, 0.15) is 25.7 Å². The van der Waals surface area contributed by atoms with Gasteiger partial charge in [0.1, 0.15) is 11.6 Å². The number of Topliss-reactive ketones (excluding diaryl/α,β-unsaturated/α-hetero) is 2. The molecule has 1 heterocycles. The summed E-state index contributed by atoms with van der Waals surface area (Å²) in [5, 5.41) is 0.163. The van der Waals surface area contributed by atoms with Crippen molar-refractivity contribution in [3.05, 3.63) is 0 Å². The van der Waals surface area contributed by atoms with Crippen LogP contribution < -0.4 is 0 Å². The molecule has 1 aliphatic carbocycles. The number of ketones is 2. The Hall–Kier alpha value is -0.310. The molecule has 66 valence electrons. The van der Waals surface area contributed by atoms with Crippen LogP contribution in [0.3, 0.4) is 0 Å². The molecule has 2 rings (SSSR count). The fourth-order valence-corrected chi connectivity index (χ4v) is 3.36. The van der Waals surface area contributed by atoms with E-state index in [4.69, 9.17) is 0 Å². The van der Waals surface area contributed by atoms with Gasteiger partial charge in [0.15, 0.2) is 0 Å². The Balaban J connectivity index is 2.09. The van der Waals surface area contributed by atoms with Gasteiger partial charge < -0.3 is 0 Å². The SMILES string of the molecule is O=C1CS[C@@H]2C(=O)CCC[C@H]2C1. The summed E-state index contributed by atoms with van der Waals surface area (Å²) in [5.41, 5.74) is 0. The van der Waals surface area contributed by atoms with E-state index in [-0.39, 0.29) is 5.25 Å². The summed E-state index contributed by atoms with van der Waals surface area (Å²) in [7, 11) is 0. The van der Waals surface area contributed by atoms with Gasteiger partial charge in [0, 0.05) is 12.8 Å².